The van der Waals surface area contributed by atoms with Gasteiger partial charge in [0.05, 0.1) is 13.0 Å². The molecule has 0 unspecified atom stereocenters. The van der Waals surface area contributed by atoms with Crippen molar-refractivity contribution in [3.8, 4) is 0 Å². The summed E-state index contributed by atoms with van der Waals surface area (Å²) in [5.41, 5.74) is 7.47. The first kappa shape index (κ1) is 14.5. The number of ether oxygens (including phenoxy) is 1. The van der Waals surface area contributed by atoms with Gasteiger partial charge in [0, 0.05) is 15.5 Å². The molecule has 0 atom stereocenters. The summed E-state index contributed by atoms with van der Waals surface area (Å²) in [5, 5.41) is 0. The number of hydrogen-bond donors (Lipinski definition) is 1. The third-order valence-electron chi connectivity index (χ3n) is 2.65. The van der Waals surface area contributed by atoms with E-state index in [1.165, 1.54) is 0 Å². The number of rotatable bonds is 5. The van der Waals surface area contributed by atoms with Crippen LogP contribution in [0.5, 0.6) is 0 Å². The molecule has 0 aliphatic rings. The van der Waals surface area contributed by atoms with Gasteiger partial charge < -0.3 is 10.5 Å². The summed E-state index contributed by atoms with van der Waals surface area (Å²) in [6.45, 7) is 2.22. The predicted octanol–water partition coefficient (Wildman–Crippen LogP) is 3.53. The molecule has 104 valence electrons. The Hall–Kier alpha value is -1.94. The summed E-state index contributed by atoms with van der Waals surface area (Å²) < 4.78 is 4.96. The lowest BCUT2D eigenvalue weighted by atomic mass is 10.1. The Balaban J connectivity index is 2.08. The molecule has 0 saturated carbocycles. The summed E-state index contributed by atoms with van der Waals surface area (Å²) in [6, 6.07) is 15.6. The van der Waals surface area contributed by atoms with Crippen molar-refractivity contribution >= 4 is 23.4 Å². The first-order valence-corrected chi connectivity index (χ1v) is 7.27. The standard InChI is InChI=1S/C16H17NO2S/c1-2-19-16(18)10-12-5-3-7-14(9-12)20-15-8-4-6-13(17)11-15/h3-9,11H,2,10,17H2,1H3. The molecule has 2 aromatic rings. The average Bonchev–Trinajstić information content (AvgIpc) is 2.39. The Morgan fingerprint density at radius 3 is 2.55 bits per heavy atom. The van der Waals surface area contributed by atoms with Crippen LogP contribution < -0.4 is 5.73 Å². The predicted molar refractivity (Wildman–Crippen MR) is 81.8 cm³/mol. The van der Waals surface area contributed by atoms with Crippen molar-refractivity contribution < 1.29 is 9.53 Å². The Labute approximate surface area is 123 Å². The monoisotopic (exact) mass is 287 g/mol. The van der Waals surface area contributed by atoms with E-state index in [1.54, 1.807) is 11.8 Å². The van der Waals surface area contributed by atoms with Gasteiger partial charge in [0.15, 0.2) is 0 Å². The van der Waals surface area contributed by atoms with E-state index < -0.39 is 0 Å². The SMILES string of the molecule is CCOC(=O)Cc1cccc(Sc2cccc(N)c2)c1. The van der Waals surface area contributed by atoms with Gasteiger partial charge in [-0.1, -0.05) is 30.0 Å². The maximum absolute atomic E-state index is 11.5. The van der Waals surface area contributed by atoms with Gasteiger partial charge in [0.25, 0.3) is 0 Å². The van der Waals surface area contributed by atoms with Crippen molar-refractivity contribution in [2.75, 3.05) is 12.3 Å². The smallest absolute Gasteiger partial charge is 0.310 e. The van der Waals surface area contributed by atoms with E-state index in [0.29, 0.717) is 13.0 Å². The average molecular weight is 287 g/mol. The van der Waals surface area contributed by atoms with Gasteiger partial charge in [-0.3, -0.25) is 4.79 Å². The van der Waals surface area contributed by atoms with Gasteiger partial charge in [-0.15, -0.1) is 0 Å². The zero-order valence-corrected chi connectivity index (χ0v) is 12.2. The molecular formula is C16H17NO2S. The number of benzene rings is 2. The molecule has 0 bridgehead atoms. The van der Waals surface area contributed by atoms with E-state index in [9.17, 15) is 4.79 Å². The molecule has 4 heteroatoms. The number of esters is 1. The van der Waals surface area contributed by atoms with Crippen molar-refractivity contribution in [1.29, 1.82) is 0 Å². The molecule has 2 rings (SSSR count). The van der Waals surface area contributed by atoms with Crippen molar-refractivity contribution in [1.82, 2.24) is 0 Å². The van der Waals surface area contributed by atoms with Crippen LogP contribution in [0.15, 0.2) is 58.3 Å². The highest BCUT2D eigenvalue weighted by atomic mass is 32.2. The van der Waals surface area contributed by atoms with E-state index in [-0.39, 0.29) is 5.97 Å². The summed E-state index contributed by atoms with van der Waals surface area (Å²) in [4.78, 5) is 13.6. The summed E-state index contributed by atoms with van der Waals surface area (Å²) in [5.74, 6) is -0.196. The normalized spacial score (nSPS) is 10.2. The van der Waals surface area contributed by atoms with Crippen LogP contribution in [0.2, 0.25) is 0 Å². The second-order valence-corrected chi connectivity index (χ2v) is 5.45. The number of anilines is 1. The molecule has 0 aliphatic heterocycles. The topological polar surface area (TPSA) is 52.3 Å². The zero-order chi connectivity index (χ0) is 14.4. The van der Waals surface area contributed by atoms with Gasteiger partial charge in [-0.25, -0.2) is 0 Å². The first-order chi connectivity index (χ1) is 9.67. The highest BCUT2D eigenvalue weighted by molar-refractivity contribution is 7.99. The van der Waals surface area contributed by atoms with Crippen LogP contribution in [0.3, 0.4) is 0 Å². The Kier molecular flexibility index (Phi) is 5.07. The molecular weight excluding hydrogens is 270 g/mol. The number of carbonyl (C=O) groups excluding carboxylic acids is 1. The Morgan fingerprint density at radius 2 is 1.85 bits per heavy atom. The minimum Gasteiger partial charge on any atom is -0.466 e. The van der Waals surface area contributed by atoms with Crippen molar-refractivity contribution in [2.45, 2.75) is 23.1 Å². The highest BCUT2D eigenvalue weighted by Crippen LogP contribution is 2.29. The minimum atomic E-state index is -0.196. The van der Waals surface area contributed by atoms with Gasteiger partial charge in [-0.05, 0) is 42.8 Å². The maximum atomic E-state index is 11.5. The summed E-state index contributed by atoms with van der Waals surface area (Å²) in [7, 11) is 0. The zero-order valence-electron chi connectivity index (χ0n) is 11.3. The second kappa shape index (κ2) is 7.01. The fraction of sp³-hybridized carbons (Fsp3) is 0.188. The van der Waals surface area contributed by atoms with Crippen LogP contribution in [0.4, 0.5) is 5.69 Å². The highest BCUT2D eigenvalue weighted by Gasteiger charge is 2.05. The number of nitrogens with two attached hydrogens (primary N) is 1. The molecule has 0 fully saturated rings. The molecule has 3 nitrogen and oxygen atoms in total. The molecule has 0 radical (unpaired) electrons. The molecule has 2 aromatic carbocycles. The minimum absolute atomic E-state index is 0.196. The Morgan fingerprint density at radius 1 is 1.15 bits per heavy atom. The van der Waals surface area contributed by atoms with Crippen LogP contribution in [0.1, 0.15) is 12.5 Å². The number of nitrogen functional groups attached to an aromatic ring is 1. The first-order valence-electron chi connectivity index (χ1n) is 6.45. The van der Waals surface area contributed by atoms with Crippen LogP contribution in [0, 0.1) is 0 Å². The fourth-order valence-electron chi connectivity index (χ4n) is 1.81. The van der Waals surface area contributed by atoms with Gasteiger partial charge >= 0.3 is 5.97 Å². The van der Waals surface area contributed by atoms with E-state index >= 15 is 0 Å². The quantitative estimate of drug-likeness (QED) is 0.675. The summed E-state index contributed by atoms with van der Waals surface area (Å²) >= 11 is 1.62. The number of carbonyl (C=O) groups is 1. The van der Waals surface area contributed by atoms with Crippen LogP contribution >= 0.6 is 11.8 Å². The molecule has 20 heavy (non-hydrogen) atoms. The molecule has 0 spiro atoms. The lowest BCUT2D eigenvalue weighted by Crippen LogP contribution is -2.07. The van der Waals surface area contributed by atoms with E-state index in [0.717, 1.165) is 21.0 Å². The van der Waals surface area contributed by atoms with Crippen molar-refractivity contribution in [2.24, 2.45) is 0 Å². The van der Waals surface area contributed by atoms with Gasteiger partial charge in [0.1, 0.15) is 0 Å². The fourth-order valence-corrected chi connectivity index (χ4v) is 2.78. The van der Waals surface area contributed by atoms with Crippen molar-refractivity contribution in [3.63, 3.8) is 0 Å². The molecule has 0 amide bonds. The van der Waals surface area contributed by atoms with E-state index in [1.807, 2.05) is 55.5 Å². The Bertz CT molecular complexity index is 599. The van der Waals surface area contributed by atoms with Gasteiger partial charge in [0.2, 0.25) is 0 Å². The lowest BCUT2D eigenvalue weighted by molar-refractivity contribution is -0.142. The largest absolute Gasteiger partial charge is 0.466 e. The molecule has 0 heterocycles. The van der Waals surface area contributed by atoms with Crippen LogP contribution in [0.25, 0.3) is 0 Å². The molecule has 2 N–H and O–H groups in total. The van der Waals surface area contributed by atoms with Crippen LogP contribution in [-0.2, 0) is 16.0 Å². The number of hydrogen-bond acceptors (Lipinski definition) is 4. The molecule has 0 saturated heterocycles. The lowest BCUT2D eigenvalue weighted by Gasteiger charge is -2.06. The van der Waals surface area contributed by atoms with E-state index in [2.05, 4.69) is 0 Å². The molecule has 0 aliphatic carbocycles. The van der Waals surface area contributed by atoms with E-state index in [4.69, 9.17) is 10.5 Å². The van der Waals surface area contributed by atoms with Crippen LogP contribution in [-0.4, -0.2) is 12.6 Å². The second-order valence-electron chi connectivity index (χ2n) is 4.30. The third kappa shape index (κ3) is 4.31. The van der Waals surface area contributed by atoms with Crippen molar-refractivity contribution in [3.05, 3.63) is 54.1 Å². The summed E-state index contributed by atoms with van der Waals surface area (Å²) in [6.07, 6.45) is 0.305. The molecule has 0 aromatic heterocycles. The maximum Gasteiger partial charge on any atom is 0.310 e. The third-order valence-corrected chi connectivity index (χ3v) is 3.63. The van der Waals surface area contributed by atoms with Gasteiger partial charge in [-0.2, -0.15) is 0 Å².